The van der Waals surface area contributed by atoms with Crippen molar-refractivity contribution in [1.82, 2.24) is 0 Å². The Labute approximate surface area is 184 Å². The number of carbonyl (C=O) groups is 2. The van der Waals surface area contributed by atoms with E-state index in [9.17, 15) is 9.59 Å². The zero-order valence-corrected chi connectivity index (χ0v) is 18.5. The molecule has 0 bridgehead atoms. The highest BCUT2D eigenvalue weighted by molar-refractivity contribution is 6.03. The molecule has 0 spiro atoms. The summed E-state index contributed by atoms with van der Waals surface area (Å²) in [7, 11) is 0. The second-order valence-electron chi connectivity index (χ2n) is 7.67. The Morgan fingerprint density at radius 3 is 1.55 bits per heavy atom. The third-order valence-corrected chi connectivity index (χ3v) is 5.35. The molecular weight excluding hydrogens is 392 g/mol. The lowest BCUT2D eigenvalue weighted by atomic mass is 10.0. The van der Waals surface area contributed by atoms with Crippen LogP contribution in [0.4, 0.5) is 21.0 Å². The van der Waals surface area contributed by atoms with Crippen molar-refractivity contribution < 1.29 is 19.1 Å². The molecule has 1 aliphatic rings. The van der Waals surface area contributed by atoms with Crippen LogP contribution in [0.15, 0.2) is 48.5 Å². The normalized spacial score (nSPS) is 12.6. The highest BCUT2D eigenvalue weighted by Crippen LogP contribution is 2.40. The third-order valence-electron chi connectivity index (χ3n) is 5.35. The van der Waals surface area contributed by atoms with E-state index in [1.807, 2.05) is 48.5 Å². The average Bonchev–Trinajstić information content (AvgIpc) is 2.95. The zero-order valence-electron chi connectivity index (χ0n) is 18.5. The summed E-state index contributed by atoms with van der Waals surface area (Å²) in [6.07, 6.45) is 4.84. The predicted octanol–water partition coefficient (Wildman–Crippen LogP) is 6.59. The molecule has 0 radical (unpaired) electrons. The van der Waals surface area contributed by atoms with E-state index in [-0.39, 0.29) is 6.67 Å². The monoisotopic (exact) mass is 424 g/mol. The van der Waals surface area contributed by atoms with Gasteiger partial charge in [0, 0.05) is 11.1 Å². The van der Waals surface area contributed by atoms with E-state index in [4.69, 9.17) is 9.47 Å². The lowest BCUT2D eigenvalue weighted by molar-refractivity contribution is 0.146. The first kappa shape index (κ1) is 22.7. The number of hydrogen-bond donors (Lipinski definition) is 0. The van der Waals surface area contributed by atoms with Gasteiger partial charge >= 0.3 is 12.2 Å². The van der Waals surface area contributed by atoms with Crippen molar-refractivity contribution in [3.63, 3.8) is 0 Å². The maximum Gasteiger partial charge on any atom is 0.415 e. The summed E-state index contributed by atoms with van der Waals surface area (Å²) < 4.78 is 11.1. The predicted molar refractivity (Wildman–Crippen MR) is 123 cm³/mol. The number of amides is 2. The molecule has 6 heteroatoms. The van der Waals surface area contributed by atoms with Gasteiger partial charge in [0.1, 0.15) is 6.67 Å². The molecule has 0 saturated carbocycles. The lowest BCUT2D eigenvalue weighted by Crippen LogP contribution is -2.44. The van der Waals surface area contributed by atoms with Gasteiger partial charge in [-0.3, -0.25) is 9.80 Å². The Kier molecular flexibility index (Phi) is 8.33. The van der Waals surface area contributed by atoms with Gasteiger partial charge in [-0.15, -0.1) is 0 Å². The standard InChI is InChI=1S/C25H32N2O4/c1-3-5-11-17-30-24(28)26-19-27(25(29)31-18-12-6-4-2)23-16-10-8-14-21(23)20-13-7-9-15-22(20)26/h7-10,13-16H,3-6,11-12,17-19H2,1-2H3. The number of para-hydroxylation sites is 2. The topological polar surface area (TPSA) is 59.1 Å². The van der Waals surface area contributed by atoms with Crippen LogP contribution in [0.2, 0.25) is 0 Å². The van der Waals surface area contributed by atoms with Gasteiger partial charge in [-0.05, 0) is 25.0 Å². The fraction of sp³-hybridized carbons (Fsp3) is 0.440. The smallest absolute Gasteiger partial charge is 0.415 e. The van der Waals surface area contributed by atoms with Gasteiger partial charge in [-0.1, -0.05) is 75.9 Å². The molecule has 3 rings (SSSR count). The molecule has 0 aliphatic carbocycles. The minimum Gasteiger partial charge on any atom is -0.449 e. The van der Waals surface area contributed by atoms with Crippen molar-refractivity contribution in [2.75, 3.05) is 29.7 Å². The van der Waals surface area contributed by atoms with Gasteiger partial charge in [0.15, 0.2) is 0 Å². The molecule has 6 nitrogen and oxygen atoms in total. The van der Waals surface area contributed by atoms with Crippen molar-refractivity contribution in [3.05, 3.63) is 48.5 Å². The molecule has 2 amide bonds. The first-order chi connectivity index (χ1) is 15.2. The van der Waals surface area contributed by atoms with Gasteiger partial charge in [-0.25, -0.2) is 9.59 Å². The first-order valence-corrected chi connectivity index (χ1v) is 11.2. The Balaban J connectivity index is 1.90. The quantitative estimate of drug-likeness (QED) is 0.449. The zero-order chi connectivity index (χ0) is 22.1. The molecule has 0 aromatic heterocycles. The fourth-order valence-corrected chi connectivity index (χ4v) is 3.66. The first-order valence-electron chi connectivity index (χ1n) is 11.2. The molecule has 31 heavy (non-hydrogen) atoms. The van der Waals surface area contributed by atoms with Crippen LogP contribution in [0.3, 0.4) is 0 Å². The largest absolute Gasteiger partial charge is 0.449 e. The van der Waals surface area contributed by atoms with Gasteiger partial charge in [0.05, 0.1) is 24.6 Å². The maximum atomic E-state index is 13.0. The number of anilines is 2. The van der Waals surface area contributed by atoms with Crippen LogP contribution in [-0.2, 0) is 9.47 Å². The van der Waals surface area contributed by atoms with Crippen LogP contribution < -0.4 is 9.80 Å². The van der Waals surface area contributed by atoms with Gasteiger partial charge in [-0.2, -0.15) is 0 Å². The number of carbonyl (C=O) groups excluding carboxylic acids is 2. The molecule has 2 aromatic rings. The summed E-state index contributed by atoms with van der Waals surface area (Å²) in [5.41, 5.74) is 3.20. The summed E-state index contributed by atoms with van der Waals surface area (Å²) in [5.74, 6) is 0. The van der Waals surface area contributed by atoms with E-state index in [2.05, 4.69) is 13.8 Å². The lowest BCUT2D eigenvalue weighted by Gasteiger charge is -2.27. The summed E-state index contributed by atoms with van der Waals surface area (Å²) in [6.45, 7) is 4.97. The van der Waals surface area contributed by atoms with Crippen LogP contribution in [-0.4, -0.2) is 32.1 Å². The molecule has 0 unspecified atom stereocenters. The molecule has 2 aromatic carbocycles. The van der Waals surface area contributed by atoms with Gasteiger partial charge < -0.3 is 9.47 Å². The number of nitrogens with zero attached hydrogens (tertiary/aromatic N) is 2. The van der Waals surface area contributed by atoms with E-state index < -0.39 is 12.2 Å². The Bertz CT molecular complexity index is 812. The highest BCUT2D eigenvalue weighted by Gasteiger charge is 2.32. The molecule has 1 heterocycles. The Morgan fingerprint density at radius 1 is 0.710 bits per heavy atom. The molecule has 0 atom stereocenters. The summed E-state index contributed by atoms with van der Waals surface area (Å²) in [5, 5.41) is 0. The maximum absolute atomic E-state index is 13.0. The van der Waals surface area contributed by atoms with E-state index >= 15 is 0 Å². The molecule has 0 saturated heterocycles. The van der Waals surface area contributed by atoms with Crippen LogP contribution in [0, 0.1) is 0 Å². The van der Waals surface area contributed by atoms with Crippen molar-refractivity contribution in [2.24, 2.45) is 0 Å². The van der Waals surface area contributed by atoms with Crippen molar-refractivity contribution >= 4 is 23.6 Å². The minimum atomic E-state index is -0.458. The van der Waals surface area contributed by atoms with Crippen LogP contribution in [0.1, 0.15) is 52.4 Å². The summed E-state index contributed by atoms with van der Waals surface area (Å²) in [4.78, 5) is 29.1. The second-order valence-corrected chi connectivity index (χ2v) is 7.67. The fourth-order valence-electron chi connectivity index (χ4n) is 3.66. The highest BCUT2D eigenvalue weighted by atomic mass is 16.6. The van der Waals surface area contributed by atoms with E-state index in [0.29, 0.717) is 13.2 Å². The number of unbranched alkanes of at least 4 members (excludes halogenated alkanes) is 4. The Morgan fingerprint density at radius 2 is 1.13 bits per heavy atom. The molecular formula is C25H32N2O4. The number of hydrogen-bond acceptors (Lipinski definition) is 4. The van der Waals surface area contributed by atoms with Crippen LogP contribution >= 0.6 is 0 Å². The second kappa shape index (κ2) is 11.4. The third kappa shape index (κ3) is 5.57. The number of benzene rings is 2. The number of fused-ring (bicyclic) bond motifs is 3. The van der Waals surface area contributed by atoms with Gasteiger partial charge in [0.2, 0.25) is 0 Å². The Hall–Kier alpha value is -3.02. The number of rotatable bonds is 8. The molecule has 0 N–H and O–H groups in total. The van der Waals surface area contributed by atoms with Crippen molar-refractivity contribution in [3.8, 4) is 11.1 Å². The summed E-state index contributed by atoms with van der Waals surface area (Å²) in [6, 6.07) is 15.3. The SMILES string of the molecule is CCCCCOC(=O)N1CN(C(=O)OCCCCC)c2ccccc2-c2ccccc21. The van der Waals surface area contributed by atoms with Crippen molar-refractivity contribution in [2.45, 2.75) is 52.4 Å². The van der Waals surface area contributed by atoms with E-state index in [1.165, 1.54) is 9.80 Å². The molecule has 0 fully saturated rings. The summed E-state index contributed by atoms with van der Waals surface area (Å²) >= 11 is 0. The average molecular weight is 425 g/mol. The molecule has 1 aliphatic heterocycles. The van der Waals surface area contributed by atoms with Crippen LogP contribution in [0.25, 0.3) is 11.1 Å². The number of ether oxygens (including phenoxy) is 2. The van der Waals surface area contributed by atoms with E-state index in [0.717, 1.165) is 61.0 Å². The molecule has 166 valence electrons. The van der Waals surface area contributed by atoms with Gasteiger partial charge in [0.25, 0.3) is 0 Å². The van der Waals surface area contributed by atoms with Crippen molar-refractivity contribution in [1.29, 1.82) is 0 Å². The van der Waals surface area contributed by atoms with Crippen LogP contribution in [0.5, 0.6) is 0 Å². The van der Waals surface area contributed by atoms with E-state index in [1.54, 1.807) is 0 Å². The minimum absolute atomic E-state index is 0.0350.